The molecule has 0 spiro atoms. The van der Waals surface area contributed by atoms with Crippen LogP contribution in [0.1, 0.15) is 15.9 Å². The van der Waals surface area contributed by atoms with Crippen LogP contribution in [-0.4, -0.2) is 23.2 Å². The van der Waals surface area contributed by atoms with Crippen molar-refractivity contribution < 1.29 is 14.6 Å². The Morgan fingerprint density at radius 2 is 2.06 bits per heavy atom. The molecular formula is C14H13NO3. The molecular weight excluding hydrogens is 230 g/mol. The second-order valence-electron chi connectivity index (χ2n) is 3.91. The van der Waals surface area contributed by atoms with E-state index in [1.807, 2.05) is 25.1 Å². The number of carboxylic acids is 1. The van der Waals surface area contributed by atoms with Gasteiger partial charge in [-0.05, 0) is 41.8 Å². The standard InChI is InChI=1S/C14H13NO3/c1-9-7-10(18-2)3-4-11(9)12-5-6-15-8-13(12)14(16)17/h3-8H,1-2H3,(H,16,17). The molecule has 0 amide bonds. The molecule has 0 fully saturated rings. The lowest BCUT2D eigenvalue weighted by atomic mass is 9.97. The number of nitrogens with zero attached hydrogens (tertiary/aromatic N) is 1. The maximum Gasteiger partial charge on any atom is 0.337 e. The van der Waals surface area contributed by atoms with Crippen molar-refractivity contribution in [2.24, 2.45) is 0 Å². The molecule has 0 atom stereocenters. The molecule has 0 bridgehead atoms. The highest BCUT2D eigenvalue weighted by Crippen LogP contribution is 2.28. The molecule has 0 aliphatic carbocycles. The number of aromatic nitrogens is 1. The monoisotopic (exact) mass is 243 g/mol. The van der Waals surface area contributed by atoms with Crippen molar-refractivity contribution in [1.82, 2.24) is 4.98 Å². The summed E-state index contributed by atoms with van der Waals surface area (Å²) < 4.78 is 5.13. The van der Waals surface area contributed by atoms with E-state index >= 15 is 0 Å². The van der Waals surface area contributed by atoms with Crippen molar-refractivity contribution in [3.8, 4) is 16.9 Å². The number of hydrogen-bond acceptors (Lipinski definition) is 3. The van der Waals surface area contributed by atoms with Crippen LogP contribution < -0.4 is 4.74 Å². The van der Waals surface area contributed by atoms with Crippen LogP contribution in [0.15, 0.2) is 36.7 Å². The van der Waals surface area contributed by atoms with Gasteiger partial charge in [-0.2, -0.15) is 0 Å². The van der Waals surface area contributed by atoms with Crippen molar-refractivity contribution in [2.75, 3.05) is 7.11 Å². The zero-order chi connectivity index (χ0) is 13.1. The molecule has 1 heterocycles. The number of carbonyl (C=O) groups is 1. The maximum absolute atomic E-state index is 11.2. The summed E-state index contributed by atoms with van der Waals surface area (Å²) >= 11 is 0. The Kier molecular flexibility index (Phi) is 3.28. The summed E-state index contributed by atoms with van der Waals surface area (Å²) in [5.41, 5.74) is 2.70. The molecule has 4 heteroatoms. The zero-order valence-electron chi connectivity index (χ0n) is 10.2. The van der Waals surface area contributed by atoms with Crippen LogP contribution in [0.25, 0.3) is 11.1 Å². The minimum absolute atomic E-state index is 0.200. The average molecular weight is 243 g/mol. The summed E-state index contributed by atoms with van der Waals surface area (Å²) in [5, 5.41) is 9.15. The first-order chi connectivity index (χ1) is 8.63. The van der Waals surface area contributed by atoms with E-state index in [0.29, 0.717) is 5.56 Å². The predicted octanol–water partition coefficient (Wildman–Crippen LogP) is 2.76. The van der Waals surface area contributed by atoms with Gasteiger partial charge in [-0.15, -0.1) is 0 Å². The molecule has 0 unspecified atom stereocenters. The molecule has 92 valence electrons. The fourth-order valence-corrected chi connectivity index (χ4v) is 1.87. The number of aromatic carboxylic acids is 1. The third-order valence-electron chi connectivity index (χ3n) is 2.78. The summed E-state index contributed by atoms with van der Waals surface area (Å²) in [7, 11) is 1.60. The number of ether oxygens (including phenoxy) is 1. The number of carboxylic acid groups (broad SMARTS) is 1. The smallest absolute Gasteiger partial charge is 0.337 e. The van der Waals surface area contributed by atoms with Crippen LogP contribution in [0.3, 0.4) is 0 Å². The van der Waals surface area contributed by atoms with Gasteiger partial charge in [0.15, 0.2) is 0 Å². The molecule has 0 saturated heterocycles. The van der Waals surface area contributed by atoms with E-state index in [1.54, 1.807) is 19.4 Å². The first-order valence-electron chi connectivity index (χ1n) is 5.46. The number of rotatable bonds is 3. The average Bonchev–Trinajstić information content (AvgIpc) is 2.38. The van der Waals surface area contributed by atoms with E-state index in [-0.39, 0.29) is 5.56 Å². The minimum Gasteiger partial charge on any atom is -0.497 e. The summed E-state index contributed by atoms with van der Waals surface area (Å²) in [6.45, 7) is 1.92. The predicted molar refractivity (Wildman–Crippen MR) is 67.9 cm³/mol. The number of pyridine rings is 1. The van der Waals surface area contributed by atoms with Crippen LogP contribution in [0.5, 0.6) is 5.75 Å². The normalized spacial score (nSPS) is 10.1. The highest BCUT2D eigenvalue weighted by Gasteiger charge is 2.13. The molecule has 4 nitrogen and oxygen atoms in total. The highest BCUT2D eigenvalue weighted by atomic mass is 16.5. The molecule has 0 aliphatic rings. The summed E-state index contributed by atoms with van der Waals surface area (Å²) in [4.78, 5) is 15.0. The Hall–Kier alpha value is -2.36. The Bertz CT molecular complexity index is 593. The molecule has 18 heavy (non-hydrogen) atoms. The van der Waals surface area contributed by atoms with Gasteiger partial charge in [0.1, 0.15) is 5.75 Å². The molecule has 0 saturated carbocycles. The van der Waals surface area contributed by atoms with E-state index < -0.39 is 5.97 Å². The maximum atomic E-state index is 11.2. The lowest BCUT2D eigenvalue weighted by Gasteiger charge is -2.10. The Labute approximate surface area is 105 Å². The largest absolute Gasteiger partial charge is 0.497 e. The van der Waals surface area contributed by atoms with Crippen molar-refractivity contribution >= 4 is 5.97 Å². The molecule has 1 aromatic carbocycles. The first kappa shape index (κ1) is 12.1. The lowest BCUT2D eigenvalue weighted by Crippen LogP contribution is -2.01. The summed E-state index contributed by atoms with van der Waals surface area (Å²) in [6, 6.07) is 7.25. The van der Waals surface area contributed by atoms with Gasteiger partial charge in [-0.1, -0.05) is 6.07 Å². The van der Waals surface area contributed by atoms with Crippen molar-refractivity contribution in [3.63, 3.8) is 0 Å². The lowest BCUT2D eigenvalue weighted by molar-refractivity contribution is 0.0697. The Morgan fingerprint density at radius 3 is 2.67 bits per heavy atom. The van der Waals surface area contributed by atoms with Crippen LogP contribution in [0.4, 0.5) is 0 Å². The van der Waals surface area contributed by atoms with E-state index in [2.05, 4.69) is 4.98 Å². The van der Waals surface area contributed by atoms with Gasteiger partial charge in [0.25, 0.3) is 0 Å². The van der Waals surface area contributed by atoms with Crippen molar-refractivity contribution in [3.05, 3.63) is 47.8 Å². The quantitative estimate of drug-likeness (QED) is 0.900. The fraction of sp³-hybridized carbons (Fsp3) is 0.143. The van der Waals surface area contributed by atoms with Gasteiger partial charge in [0.05, 0.1) is 12.7 Å². The minimum atomic E-state index is -0.978. The van der Waals surface area contributed by atoms with Crippen LogP contribution in [0.2, 0.25) is 0 Å². The molecule has 0 aliphatic heterocycles. The molecule has 2 aromatic rings. The Morgan fingerprint density at radius 1 is 1.28 bits per heavy atom. The second-order valence-corrected chi connectivity index (χ2v) is 3.91. The number of hydrogen-bond donors (Lipinski definition) is 1. The third kappa shape index (κ3) is 2.18. The second kappa shape index (κ2) is 4.87. The van der Waals surface area contributed by atoms with Gasteiger partial charge in [-0.25, -0.2) is 4.79 Å². The molecule has 1 N–H and O–H groups in total. The topological polar surface area (TPSA) is 59.4 Å². The fourth-order valence-electron chi connectivity index (χ4n) is 1.87. The van der Waals surface area contributed by atoms with Gasteiger partial charge < -0.3 is 9.84 Å². The van der Waals surface area contributed by atoms with E-state index in [1.165, 1.54) is 6.20 Å². The number of aryl methyl sites for hydroxylation is 1. The highest BCUT2D eigenvalue weighted by molar-refractivity contribution is 5.96. The number of benzene rings is 1. The van der Waals surface area contributed by atoms with Crippen LogP contribution in [-0.2, 0) is 0 Å². The molecule has 1 aromatic heterocycles. The molecule has 2 rings (SSSR count). The Balaban J connectivity index is 2.59. The van der Waals surface area contributed by atoms with Crippen LogP contribution in [0, 0.1) is 6.92 Å². The van der Waals surface area contributed by atoms with E-state index in [0.717, 1.165) is 16.9 Å². The van der Waals surface area contributed by atoms with Crippen molar-refractivity contribution in [1.29, 1.82) is 0 Å². The van der Waals surface area contributed by atoms with Gasteiger partial charge in [-0.3, -0.25) is 4.98 Å². The SMILES string of the molecule is COc1ccc(-c2ccncc2C(=O)O)c(C)c1. The molecule has 0 radical (unpaired) electrons. The van der Waals surface area contributed by atoms with Crippen molar-refractivity contribution in [2.45, 2.75) is 6.92 Å². The van der Waals surface area contributed by atoms with Gasteiger partial charge in [0, 0.05) is 12.4 Å². The van der Waals surface area contributed by atoms with E-state index in [9.17, 15) is 4.79 Å². The van der Waals surface area contributed by atoms with Gasteiger partial charge in [0.2, 0.25) is 0 Å². The van der Waals surface area contributed by atoms with Gasteiger partial charge >= 0.3 is 5.97 Å². The van der Waals surface area contributed by atoms with Crippen LogP contribution >= 0.6 is 0 Å². The zero-order valence-corrected chi connectivity index (χ0v) is 10.2. The summed E-state index contributed by atoms with van der Waals surface area (Å²) in [6.07, 6.45) is 2.95. The number of methoxy groups -OCH3 is 1. The van der Waals surface area contributed by atoms with E-state index in [4.69, 9.17) is 9.84 Å². The third-order valence-corrected chi connectivity index (χ3v) is 2.78. The first-order valence-corrected chi connectivity index (χ1v) is 5.46. The summed E-state index contributed by atoms with van der Waals surface area (Å²) in [5.74, 6) is -0.226.